The summed E-state index contributed by atoms with van der Waals surface area (Å²) in [6, 6.07) is 21.0. The second-order valence-electron chi connectivity index (χ2n) is 4.99. The Kier molecular flexibility index (Phi) is 3.82. The third-order valence-electron chi connectivity index (χ3n) is 3.45. The summed E-state index contributed by atoms with van der Waals surface area (Å²) in [5.74, 6) is 0. The topological polar surface area (TPSA) is 0 Å². The van der Waals surface area contributed by atoms with E-state index in [0.717, 1.165) is 15.6 Å². The first kappa shape index (κ1) is 13.7. The van der Waals surface area contributed by atoms with Crippen molar-refractivity contribution in [3.63, 3.8) is 0 Å². The quantitative estimate of drug-likeness (QED) is 0.482. The van der Waals surface area contributed by atoms with Gasteiger partial charge in [-0.3, -0.25) is 0 Å². The van der Waals surface area contributed by atoms with Crippen LogP contribution < -0.4 is 0 Å². The van der Waals surface area contributed by atoms with E-state index in [1.165, 1.54) is 16.3 Å². The average molecular weight is 346 g/mol. The third kappa shape index (κ3) is 2.61. The minimum atomic E-state index is -0.141. The van der Waals surface area contributed by atoms with E-state index in [1.807, 2.05) is 0 Å². The molecule has 0 aliphatic carbocycles. The summed E-state index contributed by atoms with van der Waals surface area (Å²) in [6.07, 6.45) is 0. The summed E-state index contributed by atoms with van der Waals surface area (Å²) < 4.78 is 1.07. The Hall–Kier alpha value is -1.31. The fourth-order valence-electron chi connectivity index (χ4n) is 2.56. The van der Waals surface area contributed by atoms with Crippen LogP contribution in [-0.4, -0.2) is 0 Å². The monoisotopic (exact) mass is 344 g/mol. The number of alkyl halides is 1. The smallest absolute Gasteiger partial charge is 0.0841 e. The number of halogens is 2. The van der Waals surface area contributed by atoms with E-state index in [1.54, 1.807) is 0 Å². The molecule has 0 amide bonds. The number of hydrogen-bond acceptors (Lipinski definition) is 0. The Morgan fingerprint density at radius 3 is 2.50 bits per heavy atom. The lowest BCUT2D eigenvalue weighted by Gasteiger charge is -2.14. The highest BCUT2D eigenvalue weighted by Gasteiger charge is 2.14. The van der Waals surface area contributed by atoms with Gasteiger partial charge in [-0.1, -0.05) is 64.5 Å². The van der Waals surface area contributed by atoms with Crippen molar-refractivity contribution >= 4 is 38.3 Å². The van der Waals surface area contributed by atoms with E-state index < -0.39 is 0 Å². The standard InChI is InChI=1S/C18H14BrCl/c1-12-9-14(11-15(19)10-12)18(20)17-8-4-6-13-5-2-3-7-16(13)17/h2-11,18H,1H3. The van der Waals surface area contributed by atoms with Gasteiger partial charge in [-0.25, -0.2) is 0 Å². The number of hydrogen-bond donors (Lipinski definition) is 0. The molecule has 0 fully saturated rings. The predicted molar refractivity (Wildman–Crippen MR) is 90.5 cm³/mol. The summed E-state index contributed by atoms with van der Waals surface area (Å²) in [6.45, 7) is 2.08. The van der Waals surface area contributed by atoms with Gasteiger partial charge in [0.2, 0.25) is 0 Å². The highest BCUT2D eigenvalue weighted by Crippen LogP contribution is 2.35. The van der Waals surface area contributed by atoms with Gasteiger partial charge in [0.1, 0.15) is 0 Å². The van der Waals surface area contributed by atoms with Gasteiger partial charge in [-0.15, -0.1) is 11.6 Å². The molecule has 0 bridgehead atoms. The molecule has 100 valence electrons. The Balaban J connectivity index is 2.15. The summed E-state index contributed by atoms with van der Waals surface area (Å²) >= 11 is 10.3. The van der Waals surface area contributed by atoms with Crippen LogP contribution >= 0.6 is 27.5 Å². The molecule has 0 spiro atoms. The van der Waals surface area contributed by atoms with Crippen LogP contribution in [0.3, 0.4) is 0 Å². The predicted octanol–water partition coefficient (Wildman–Crippen LogP) is 6.24. The molecule has 0 saturated carbocycles. The molecule has 3 aromatic carbocycles. The number of benzene rings is 3. The molecule has 0 aliphatic heterocycles. The third-order valence-corrected chi connectivity index (χ3v) is 4.40. The molecule has 0 aliphatic rings. The van der Waals surface area contributed by atoms with E-state index in [0.29, 0.717) is 0 Å². The van der Waals surface area contributed by atoms with Crippen molar-refractivity contribution in [1.29, 1.82) is 0 Å². The Labute approximate surface area is 132 Å². The lowest BCUT2D eigenvalue weighted by atomic mass is 9.97. The minimum absolute atomic E-state index is 0.141. The van der Waals surface area contributed by atoms with Crippen LogP contribution in [0.15, 0.2) is 65.1 Å². The lowest BCUT2D eigenvalue weighted by Crippen LogP contribution is -1.95. The summed E-state index contributed by atoms with van der Waals surface area (Å²) in [5, 5.41) is 2.30. The second-order valence-corrected chi connectivity index (χ2v) is 6.34. The van der Waals surface area contributed by atoms with Crippen molar-refractivity contribution in [2.45, 2.75) is 12.3 Å². The molecule has 0 N–H and O–H groups in total. The number of aryl methyl sites for hydroxylation is 1. The molecule has 1 unspecified atom stereocenters. The molecule has 20 heavy (non-hydrogen) atoms. The fraction of sp³-hybridized carbons (Fsp3) is 0.111. The second kappa shape index (κ2) is 5.59. The van der Waals surface area contributed by atoms with Gasteiger partial charge in [0.05, 0.1) is 5.38 Å². The molecular weight excluding hydrogens is 332 g/mol. The van der Waals surface area contributed by atoms with E-state index in [-0.39, 0.29) is 5.38 Å². The first-order valence-electron chi connectivity index (χ1n) is 6.54. The first-order chi connectivity index (χ1) is 9.65. The van der Waals surface area contributed by atoms with E-state index in [2.05, 4.69) is 83.5 Å². The van der Waals surface area contributed by atoms with Crippen molar-refractivity contribution in [1.82, 2.24) is 0 Å². The average Bonchev–Trinajstić information content (AvgIpc) is 2.45. The van der Waals surface area contributed by atoms with Crippen LogP contribution in [0, 0.1) is 6.92 Å². The Bertz CT molecular complexity index is 739. The number of fused-ring (bicyclic) bond motifs is 1. The van der Waals surface area contributed by atoms with Crippen molar-refractivity contribution in [2.24, 2.45) is 0 Å². The van der Waals surface area contributed by atoms with Gasteiger partial charge in [0.25, 0.3) is 0 Å². The van der Waals surface area contributed by atoms with E-state index >= 15 is 0 Å². The Morgan fingerprint density at radius 2 is 1.70 bits per heavy atom. The zero-order valence-corrected chi connectivity index (χ0v) is 13.4. The highest BCUT2D eigenvalue weighted by atomic mass is 79.9. The van der Waals surface area contributed by atoms with Crippen LogP contribution in [0.5, 0.6) is 0 Å². The van der Waals surface area contributed by atoms with Gasteiger partial charge in [0.15, 0.2) is 0 Å². The van der Waals surface area contributed by atoms with Gasteiger partial charge in [0, 0.05) is 4.47 Å². The van der Waals surface area contributed by atoms with Crippen LogP contribution in [0.2, 0.25) is 0 Å². The maximum absolute atomic E-state index is 6.73. The van der Waals surface area contributed by atoms with E-state index in [4.69, 9.17) is 11.6 Å². The number of rotatable bonds is 2. The molecule has 3 rings (SSSR count). The maximum Gasteiger partial charge on any atom is 0.0841 e. The van der Waals surface area contributed by atoms with Gasteiger partial charge in [-0.2, -0.15) is 0 Å². The fourth-order valence-corrected chi connectivity index (χ4v) is 3.50. The largest absolute Gasteiger partial charge is 0.113 e. The molecule has 0 nitrogen and oxygen atoms in total. The molecule has 3 aromatic rings. The summed E-state index contributed by atoms with van der Waals surface area (Å²) in [4.78, 5) is 0. The van der Waals surface area contributed by atoms with Crippen molar-refractivity contribution in [2.75, 3.05) is 0 Å². The first-order valence-corrected chi connectivity index (χ1v) is 7.77. The zero-order chi connectivity index (χ0) is 14.1. The molecule has 1 atom stereocenters. The van der Waals surface area contributed by atoms with Crippen LogP contribution in [0.4, 0.5) is 0 Å². The minimum Gasteiger partial charge on any atom is -0.113 e. The summed E-state index contributed by atoms with van der Waals surface area (Å²) in [7, 11) is 0. The van der Waals surface area contributed by atoms with Crippen molar-refractivity contribution in [3.8, 4) is 0 Å². The molecular formula is C18H14BrCl. The molecule has 0 radical (unpaired) electrons. The SMILES string of the molecule is Cc1cc(Br)cc(C(Cl)c2cccc3ccccc23)c1. The van der Waals surface area contributed by atoms with Crippen molar-refractivity contribution in [3.05, 3.63) is 81.8 Å². The van der Waals surface area contributed by atoms with Gasteiger partial charge >= 0.3 is 0 Å². The summed E-state index contributed by atoms with van der Waals surface area (Å²) in [5.41, 5.74) is 3.48. The van der Waals surface area contributed by atoms with E-state index in [9.17, 15) is 0 Å². The van der Waals surface area contributed by atoms with Crippen LogP contribution in [0.25, 0.3) is 10.8 Å². The molecule has 0 saturated heterocycles. The van der Waals surface area contributed by atoms with Crippen LogP contribution in [0.1, 0.15) is 22.1 Å². The van der Waals surface area contributed by atoms with Crippen LogP contribution in [-0.2, 0) is 0 Å². The maximum atomic E-state index is 6.73. The van der Waals surface area contributed by atoms with Crippen molar-refractivity contribution < 1.29 is 0 Å². The lowest BCUT2D eigenvalue weighted by molar-refractivity contribution is 1.14. The molecule has 0 heterocycles. The van der Waals surface area contributed by atoms with Gasteiger partial charge in [-0.05, 0) is 46.5 Å². The Morgan fingerprint density at radius 1 is 0.950 bits per heavy atom. The molecule has 0 aromatic heterocycles. The van der Waals surface area contributed by atoms with Gasteiger partial charge < -0.3 is 0 Å². The highest BCUT2D eigenvalue weighted by molar-refractivity contribution is 9.10. The molecule has 2 heteroatoms. The normalized spacial score (nSPS) is 12.6. The zero-order valence-electron chi connectivity index (χ0n) is 11.1.